The van der Waals surface area contributed by atoms with E-state index < -0.39 is 0 Å². The van der Waals surface area contributed by atoms with E-state index in [0.29, 0.717) is 0 Å². The Morgan fingerprint density at radius 1 is 0.909 bits per heavy atom. The summed E-state index contributed by atoms with van der Waals surface area (Å²) in [6.45, 7) is 2.31. The Bertz CT molecular complexity index is 592. The van der Waals surface area contributed by atoms with E-state index in [1.807, 2.05) is 0 Å². The molecule has 0 amide bonds. The molecule has 1 fully saturated rings. The first-order chi connectivity index (χ1) is 10.8. The summed E-state index contributed by atoms with van der Waals surface area (Å²) in [5.41, 5.74) is 4.28. The molecule has 1 aliphatic carbocycles. The maximum absolute atomic E-state index is 4.40. The molecule has 0 N–H and O–H groups in total. The first kappa shape index (κ1) is 15.7. The van der Waals surface area contributed by atoms with Crippen molar-refractivity contribution in [2.45, 2.75) is 56.3 Å². The second-order valence-electron chi connectivity index (χ2n) is 6.64. The molecule has 116 valence electrons. The highest BCUT2D eigenvalue weighted by Crippen LogP contribution is 2.41. The van der Waals surface area contributed by atoms with Gasteiger partial charge in [0.15, 0.2) is 0 Å². The standard InChI is InChI=1S/C21H26S/c1-2-5-16-8-10-17(11-9-16)20-6-3-4-7-21(20)18-12-14-19(22)15-13-18/h3-4,6-7,12-17,22H,2,5,8-11H2,1H3. The zero-order valence-corrected chi connectivity index (χ0v) is 14.4. The fraction of sp³-hybridized carbons (Fsp3) is 0.429. The lowest BCUT2D eigenvalue weighted by Crippen LogP contribution is -2.13. The average molecular weight is 311 g/mol. The van der Waals surface area contributed by atoms with E-state index in [2.05, 4.69) is 68.1 Å². The Kier molecular flexibility index (Phi) is 5.25. The fourth-order valence-electron chi connectivity index (χ4n) is 3.93. The molecule has 1 heteroatoms. The van der Waals surface area contributed by atoms with Crippen LogP contribution in [0, 0.1) is 5.92 Å². The Hall–Kier alpha value is -1.21. The molecule has 0 nitrogen and oxygen atoms in total. The van der Waals surface area contributed by atoms with Crippen molar-refractivity contribution in [3.05, 3.63) is 54.1 Å². The molecule has 0 spiro atoms. The van der Waals surface area contributed by atoms with Crippen LogP contribution < -0.4 is 0 Å². The van der Waals surface area contributed by atoms with E-state index >= 15 is 0 Å². The second kappa shape index (κ2) is 7.37. The molecule has 0 heterocycles. The van der Waals surface area contributed by atoms with Gasteiger partial charge in [-0.2, -0.15) is 0 Å². The Balaban J connectivity index is 1.82. The van der Waals surface area contributed by atoms with Crippen LogP contribution in [0.3, 0.4) is 0 Å². The smallest absolute Gasteiger partial charge is 0.00404 e. The van der Waals surface area contributed by atoms with E-state index in [4.69, 9.17) is 0 Å². The van der Waals surface area contributed by atoms with Crippen LogP contribution >= 0.6 is 12.6 Å². The Morgan fingerprint density at radius 3 is 2.27 bits per heavy atom. The molecule has 0 aromatic heterocycles. The van der Waals surface area contributed by atoms with Crippen LogP contribution in [0.2, 0.25) is 0 Å². The van der Waals surface area contributed by atoms with Crippen molar-refractivity contribution in [1.82, 2.24) is 0 Å². The van der Waals surface area contributed by atoms with E-state index in [0.717, 1.165) is 16.7 Å². The minimum Gasteiger partial charge on any atom is -0.143 e. The van der Waals surface area contributed by atoms with Crippen LogP contribution in [0.15, 0.2) is 53.4 Å². The monoisotopic (exact) mass is 310 g/mol. The van der Waals surface area contributed by atoms with Gasteiger partial charge >= 0.3 is 0 Å². The molecule has 0 aliphatic heterocycles. The summed E-state index contributed by atoms with van der Waals surface area (Å²) in [6.07, 6.45) is 8.27. The summed E-state index contributed by atoms with van der Waals surface area (Å²) in [5, 5.41) is 0. The van der Waals surface area contributed by atoms with Gasteiger partial charge in [-0.1, -0.05) is 56.2 Å². The summed E-state index contributed by atoms with van der Waals surface area (Å²) in [4.78, 5) is 1.03. The highest BCUT2D eigenvalue weighted by Gasteiger charge is 2.23. The largest absolute Gasteiger partial charge is 0.143 e. The summed E-state index contributed by atoms with van der Waals surface area (Å²) in [7, 11) is 0. The van der Waals surface area contributed by atoms with Gasteiger partial charge in [-0.15, -0.1) is 12.6 Å². The third kappa shape index (κ3) is 3.57. The van der Waals surface area contributed by atoms with Crippen molar-refractivity contribution in [2.75, 3.05) is 0 Å². The van der Waals surface area contributed by atoms with Crippen LogP contribution in [0.4, 0.5) is 0 Å². The molecule has 1 saturated carbocycles. The first-order valence-electron chi connectivity index (χ1n) is 8.66. The molecule has 22 heavy (non-hydrogen) atoms. The van der Waals surface area contributed by atoms with Gasteiger partial charge in [0.25, 0.3) is 0 Å². The zero-order chi connectivity index (χ0) is 15.4. The molecule has 0 bridgehead atoms. The normalized spacial score (nSPS) is 21.7. The SMILES string of the molecule is CCCC1CCC(c2ccccc2-c2ccc(S)cc2)CC1. The third-order valence-corrected chi connectivity index (χ3v) is 5.42. The fourth-order valence-corrected chi connectivity index (χ4v) is 4.08. The van der Waals surface area contributed by atoms with Gasteiger partial charge in [-0.05, 0) is 66.3 Å². The molecular weight excluding hydrogens is 284 g/mol. The molecule has 3 rings (SSSR count). The lowest BCUT2D eigenvalue weighted by molar-refractivity contribution is 0.308. The maximum atomic E-state index is 4.40. The first-order valence-corrected chi connectivity index (χ1v) is 9.11. The van der Waals surface area contributed by atoms with Gasteiger partial charge < -0.3 is 0 Å². The lowest BCUT2D eigenvalue weighted by atomic mass is 9.75. The van der Waals surface area contributed by atoms with Gasteiger partial charge in [-0.3, -0.25) is 0 Å². The minimum absolute atomic E-state index is 0.736. The van der Waals surface area contributed by atoms with Gasteiger partial charge in [0.05, 0.1) is 0 Å². The molecular formula is C21H26S. The number of rotatable bonds is 4. The predicted molar refractivity (Wildman–Crippen MR) is 98.7 cm³/mol. The summed E-state index contributed by atoms with van der Waals surface area (Å²) in [5.74, 6) is 1.71. The number of hydrogen-bond donors (Lipinski definition) is 1. The van der Waals surface area contributed by atoms with Crippen LogP contribution in [0.5, 0.6) is 0 Å². The Labute approximate surface area is 140 Å². The van der Waals surface area contributed by atoms with E-state index in [-0.39, 0.29) is 0 Å². The van der Waals surface area contributed by atoms with Crippen molar-refractivity contribution in [2.24, 2.45) is 5.92 Å². The van der Waals surface area contributed by atoms with E-state index in [1.165, 1.54) is 49.7 Å². The van der Waals surface area contributed by atoms with Crippen molar-refractivity contribution in [3.63, 3.8) is 0 Å². The molecule has 0 unspecified atom stereocenters. The predicted octanol–water partition coefficient (Wildman–Crippen LogP) is 6.72. The Morgan fingerprint density at radius 2 is 1.59 bits per heavy atom. The molecule has 0 atom stereocenters. The van der Waals surface area contributed by atoms with Crippen LogP contribution in [-0.2, 0) is 0 Å². The van der Waals surface area contributed by atoms with Gasteiger partial charge in [0, 0.05) is 4.90 Å². The van der Waals surface area contributed by atoms with E-state index in [1.54, 1.807) is 5.56 Å². The third-order valence-electron chi connectivity index (χ3n) is 5.12. The molecule has 2 aromatic carbocycles. The van der Waals surface area contributed by atoms with Gasteiger partial charge in [0.2, 0.25) is 0 Å². The maximum Gasteiger partial charge on any atom is 0.00404 e. The van der Waals surface area contributed by atoms with Crippen molar-refractivity contribution in [1.29, 1.82) is 0 Å². The van der Waals surface area contributed by atoms with Crippen LogP contribution in [0.1, 0.15) is 56.9 Å². The van der Waals surface area contributed by atoms with Crippen molar-refractivity contribution >= 4 is 12.6 Å². The quantitative estimate of drug-likeness (QED) is 0.596. The van der Waals surface area contributed by atoms with E-state index in [9.17, 15) is 0 Å². The highest BCUT2D eigenvalue weighted by molar-refractivity contribution is 7.80. The highest BCUT2D eigenvalue weighted by atomic mass is 32.1. The number of thiol groups is 1. The number of hydrogen-bond acceptors (Lipinski definition) is 1. The van der Waals surface area contributed by atoms with Crippen molar-refractivity contribution in [3.8, 4) is 11.1 Å². The molecule has 2 aromatic rings. The van der Waals surface area contributed by atoms with Gasteiger partial charge in [-0.25, -0.2) is 0 Å². The summed E-state index contributed by atoms with van der Waals surface area (Å²) < 4.78 is 0. The number of benzene rings is 2. The molecule has 0 radical (unpaired) electrons. The lowest BCUT2D eigenvalue weighted by Gasteiger charge is -2.30. The summed E-state index contributed by atoms with van der Waals surface area (Å²) >= 11 is 4.40. The topological polar surface area (TPSA) is 0 Å². The minimum atomic E-state index is 0.736. The van der Waals surface area contributed by atoms with Crippen molar-refractivity contribution < 1.29 is 0 Å². The van der Waals surface area contributed by atoms with Gasteiger partial charge in [0.1, 0.15) is 0 Å². The zero-order valence-electron chi connectivity index (χ0n) is 13.5. The van der Waals surface area contributed by atoms with Crippen LogP contribution in [-0.4, -0.2) is 0 Å². The molecule has 1 aliphatic rings. The molecule has 0 saturated heterocycles. The average Bonchev–Trinajstić information content (AvgIpc) is 2.57. The second-order valence-corrected chi connectivity index (χ2v) is 7.16. The summed E-state index contributed by atoms with van der Waals surface area (Å²) in [6, 6.07) is 17.6. The van der Waals surface area contributed by atoms with Crippen LogP contribution in [0.25, 0.3) is 11.1 Å².